The summed E-state index contributed by atoms with van der Waals surface area (Å²) >= 11 is 18.5. The van der Waals surface area contributed by atoms with Crippen molar-refractivity contribution in [3.8, 4) is 5.75 Å². The van der Waals surface area contributed by atoms with Gasteiger partial charge in [0, 0.05) is 10.7 Å². The molecule has 0 spiro atoms. The van der Waals surface area contributed by atoms with Crippen LogP contribution in [-0.4, -0.2) is 17.8 Å². The van der Waals surface area contributed by atoms with E-state index in [1.54, 1.807) is 48.5 Å². The number of amides is 2. The molecular formula is C25H17Cl3N2O4. The average molecular weight is 516 g/mol. The number of carbonyl (C=O) groups is 3. The van der Waals surface area contributed by atoms with E-state index in [-0.39, 0.29) is 21.4 Å². The van der Waals surface area contributed by atoms with E-state index in [1.165, 1.54) is 12.1 Å². The van der Waals surface area contributed by atoms with Crippen LogP contribution < -0.4 is 15.0 Å². The molecule has 0 unspecified atom stereocenters. The molecule has 0 saturated heterocycles. The number of benzene rings is 3. The molecule has 1 N–H and O–H groups in total. The fourth-order valence-electron chi connectivity index (χ4n) is 3.43. The van der Waals surface area contributed by atoms with Gasteiger partial charge in [-0.1, -0.05) is 46.9 Å². The molecule has 34 heavy (non-hydrogen) atoms. The van der Waals surface area contributed by atoms with Gasteiger partial charge in [0.2, 0.25) is 0 Å². The first-order chi connectivity index (χ1) is 16.2. The van der Waals surface area contributed by atoms with Crippen LogP contribution in [-0.2, 0) is 9.59 Å². The molecule has 0 radical (unpaired) electrons. The first-order valence-electron chi connectivity index (χ1n) is 10.1. The maximum Gasteiger partial charge on any atom is 0.343 e. The number of rotatable bonds is 5. The highest BCUT2D eigenvalue weighted by Gasteiger charge is 2.39. The second kappa shape index (κ2) is 9.50. The number of imide groups is 1. The van der Waals surface area contributed by atoms with Gasteiger partial charge in [0.15, 0.2) is 0 Å². The van der Waals surface area contributed by atoms with E-state index in [2.05, 4.69) is 5.32 Å². The number of para-hydroxylation sites is 1. The van der Waals surface area contributed by atoms with E-state index in [0.29, 0.717) is 22.0 Å². The third kappa shape index (κ3) is 4.53. The normalized spacial score (nSPS) is 13.5. The lowest BCUT2D eigenvalue weighted by Gasteiger charge is -2.16. The molecule has 1 heterocycles. The van der Waals surface area contributed by atoms with E-state index in [9.17, 15) is 14.4 Å². The smallest absolute Gasteiger partial charge is 0.343 e. The van der Waals surface area contributed by atoms with Crippen LogP contribution in [0.25, 0.3) is 0 Å². The standard InChI is InChI=1S/C25H17Cl3N2O4/c1-13-11-17(12-14(2)20(13)27)34-25(33)15-7-9-16(10-8-15)29-22-21(28)23(31)30(24(22)32)19-6-4-3-5-18(19)26/h3-12,29H,1-2H3. The molecule has 0 atom stereocenters. The molecular weight excluding hydrogens is 499 g/mol. The summed E-state index contributed by atoms with van der Waals surface area (Å²) in [6, 6.07) is 16.0. The van der Waals surface area contributed by atoms with Crippen LogP contribution >= 0.6 is 34.8 Å². The quantitative estimate of drug-likeness (QED) is 0.246. The van der Waals surface area contributed by atoms with Gasteiger partial charge in [-0.2, -0.15) is 0 Å². The van der Waals surface area contributed by atoms with Crippen molar-refractivity contribution in [3.05, 3.63) is 98.1 Å². The third-order valence-electron chi connectivity index (χ3n) is 5.13. The number of hydrogen-bond acceptors (Lipinski definition) is 5. The first kappa shape index (κ1) is 23.8. The number of aryl methyl sites for hydroxylation is 2. The predicted molar refractivity (Wildman–Crippen MR) is 133 cm³/mol. The van der Waals surface area contributed by atoms with Gasteiger partial charge in [0.05, 0.1) is 16.3 Å². The lowest BCUT2D eigenvalue weighted by molar-refractivity contribution is -0.120. The van der Waals surface area contributed by atoms with Crippen molar-refractivity contribution in [2.75, 3.05) is 10.2 Å². The van der Waals surface area contributed by atoms with Crippen LogP contribution in [0.5, 0.6) is 5.75 Å². The van der Waals surface area contributed by atoms with Crippen molar-refractivity contribution in [3.63, 3.8) is 0 Å². The zero-order valence-electron chi connectivity index (χ0n) is 18.0. The number of esters is 1. The molecule has 0 fully saturated rings. The maximum absolute atomic E-state index is 12.9. The van der Waals surface area contributed by atoms with Gasteiger partial charge in [0.25, 0.3) is 11.8 Å². The summed E-state index contributed by atoms with van der Waals surface area (Å²) in [5, 5.41) is 3.45. The molecule has 0 bridgehead atoms. The Bertz CT molecular complexity index is 1340. The van der Waals surface area contributed by atoms with Crippen LogP contribution in [0.3, 0.4) is 0 Å². The Hall–Kier alpha value is -3.32. The van der Waals surface area contributed by atoms with Crippen molar-refractivity contribution in [2.24, 2.45) is 0 Å². The summed E-state index contributed by atoms with van der Waals surface area (Å²) in [6.07, 6.45) is 0. The number of anilines is 2. The highest BCUT2D eigenvalue weighted by Crippen LogP contribution is 2.34. The van der Waals surface area contributed by atoms with Crippen LogP contribution in [0, 0.1) is 13.8 Å². The largest absolute Gasteiger partial charge is 0.423 e. The number of hydrogen-bond donors (Lipinski definition) is 1. The Labute approximate surface area is 210 Å². The van der Waals surface area contributed by atoms with Gasteiger partial charge < -0.3 is 10.1 Å². The molecule has 2 amide bonds. The Morgan fingerprint density at radius 3 is 2.12 bits per heavy atom. The van der Waals surface area contributed by atoms with Gasteiger partial charge in [0.1, 0.15) is 16.5 Å². The van der Waals surface area contributed by atoms with Gasteiger partial charge in [-0.15, -0.1) is 0 Å². The van der Waals surface area contributed by atoms with Crippen LogP contribution in [0.2, 0.25) is 10.0 Å². The summed E-state index contributed by atoms with van der Waals surface area (Å²) in [7, 11) is 0. The molecule has 1 aliphatic rings. The fourth-order valence-corrected chi connectivity index (χ4v) is 3.97. The van der Waals surface area contributed by atoms with E-state index >= 15 is 0 Å². The Kier molecular flexibility index (Phi) is 6.66. The molecule has 6 nitrogen and oxygen atoms in total. The lowest BCUT2D eigenvalue weighted by Crippen LogP contribution is -2.32. The highest BCUT2D eigenvalue weighted by atomic mass is 35.5. The maximum atomic E-state index is 12.9. The van der Waals surface area contributed by atoms with Crippen LogP contribution in [0.4, 0.5) is 11.4 Å². The minimum atomic E-state index is -0.684. The van der Waals surface area contributed by atoms with Crippen molar-refractivity contribution >= 4 is 64.0 Å². The molecule has 1 aliphatic heterocycles. The molecule has 4 rings (SSSR count). The summed E-state index contributed by atoms with van der Waals surface area (Å²) < 4.78 is 5.45. The van der Waals surface area contributed by atoms with E-state index in [4.69, 9.17) is 39.5 Å². The monoisotopic (exact) mass is 514 g/mol. The molecule has 172 valence electrons. The van der Waals surface area contributed by atoms with E-state index < -0.39 is 17.8 Å². The average Bonchev–Trinajstić information content (AvgIpc) is 3.01. The van der Waals surface area contributed by atoms with Crippen molar-refractivity contribution in [1.82, 2.24) is 0 Å². The SMILES string of the molecule is Cc1cc(OC(=O)c2ccc(NC3=C(Cl)C(=O)N(c4ccccc4Cl)C3=O)cc2)cc(C)c1Cl. The molecule has 9 heteroatoms. The molecule has 0 saturated carbocycles. The Balaban J connectivity index is 1.49. The third-order valence-corrected chi connectivity index (χ3v) is 6.40. The lowest BCUT2D eigenvalue weighted by atomic mass is 10.1. The van der Waals surface area contributed by atoms with Crippen LogP contribution in [0.1, 0.15) is 21.5 Å². The minimum absolute atomic E-state index is 0.0889. The summed E-state index contributed by atoms with van der Waals surface area (Å²) in [5.41, 5.74) is 2.49. The minimum Gasteiger partial charge on any atom is -0.423 e. The zero-order valence-corrected chi connectivity index (χ0v) is 20.3. The Morgan fingerprint density at radius 1 is 0.882 bits per heavy atom. The van der Waals surface area contributed by atoms with Gasteiger partial charge in [-0.05, 0) is 73.5 Å². The Morgan fingerprint density at radius 2 is 1.50 bits per heavy atom. The van der Waals surface area contributed by atoms with Crippen molar-refractivity contribution < 1.29 is 19.1 Å². The van der Waals surface area contributed by atoms with Crippen molar-refractivity contribution in [1.29, 1.82) is 0 Å². The van der Waals surface area contributed by atoms with Gasteiger partial charge >= 0.3 is 5.97 Å². The molecule has 3 aromatic carbocycles. The van der Waals surface area contributed by atoms with Gasteiger partial charge in [-0.3, -0.25) is 9.59 Å². The molecule has 3 aromatic rings. The number of nitrogens with zero attached hydrogens (tertiary/aromatic N) is 1. The van der Waals surface area contributed by atoms with E-state index in [1.807, 2.05) is 13.8 Å². The van der Waals surface area contributed by atoms with E-state index in [0.717, 1.165) is 16.0 Å². The first-order valence-corrected chi connectivity index (χ1v) is 11.2. The second-order valence-electron chi connectivity index (χ2n) is 7.55. The summed E-state index contributed by atoms with van der Waals surface area (Å²) in [6.45, 7) is 3.66. The number of carbonyl (C=O) groups excluding carboxylic acids is 3. The zero-order chi connectivity index (χ0) is 24.6. The topological polar surface area (TPSA) is 75.7 Å². The highest BCUT2D eigenvalue weighted by molar-refractivity contribution is 6.53. The van der Waals surface area contributed by atoms with Crippen molar-refractivity contribution in [2.45, 2.75) is 13.8 Å². The molecule has 0 aliphatic carbocycles. The summed E-state index contributed by atoms with van der Waals surface area (Å²) in [4.78, 5) is 38.9. The van der Waals surface area contributed by atoms with Gasteiger partial charge in [-0.25, -0.2) is 9.69 Å². The number of halogens is 3. The predicted octanol–water partition coefficient (Wildman–Crippen LogP) is 6.27. The fraction of sp³-hybridized carbons (Fsp3) is 0.0800. The van der Waals surface area contributed by atoms with Crippen LogP contribution in [0.15, 0.2) is 71.4 Å². The molecule has 0 aromatic heterocycles. The number of ether oxygens (including phenoxy) is 1. The second-order valence-corrected chi connectivity index (χ2v) is 8.71. The number of nitrogens with one attached hydrogen (secondary N) is 1. The summed E-state index contributed by atoms with van der Waals surface area (Å²) in [5.74, 6) is -1.49.